The van der Waals surface area contributed by atoms with Crippen molar-refractivity contribution in [2.24, 2.45) is 22.0 Å². The summed E-state index contributed by atoms with van der Waals surface area (Å²) < 4.78 is 70.5. The van der Waals surface area contributed by atoms with E-state index in [1.807, 2.05) is 0 Å². The van der Waals surface area contributed by atoms with E-state index in [4.69, 9.17) is 21.2 Å². The van der Waals surface area contributed by atoms with Crippen molar-refractivity contribution in [3.8, 4) is 11.5 Å². The molecule has 13 heteroatoms. The van der Waals surface area contributed by atoms with Crippen LogP contribution < -0.4 is 21.2 Å². The van der Waals surface area contributed by atoms with Gasteiger partial charge in [0.2, 0.25) is 5.54 Å². The van der Waals surface area contributed by atoms with Crippen molar-refractivity contribution in [1.29, 1.82) is 0 Å². The fourth-order valence-electron chi connectivity index (χ4n) is 3.46. The van der Waals surface area contributed by atoms with Gasteiger partial charge in [0.25, 0.3) is 0 Å². The molecule has 3 rings (SSSR count). The van der Waals surface area contributed by atoms with Crippen molar-refractivity contribution in [3.05, 3.63) is 94.2 Å². The van der Waals surface area contributed by atoms with E-state index in [0.29, 0.717) is 22.9 Å². The van der Waals surface area contributed by atoms with Crippen LogP contribution in [-0.2, 0) is 18.1 Å². The molecule has 3 aromatic rings. The Labute approximate surface area is 203 Å². The van der Waals surface area contributed by atoms with E-state index >= 15 is 8.78 Å². The summed E-state index contributed by atoms with van der Waals surface area (Å²) in [6, 6.07) is 10.9. The van der Waals surface area contributed by atoms with Gasteiger partial charge in [0.05, 0.1) is 19.9 Å². The molecular formula is C23H22F4N6O3. The number of pyridine rings is 1. The molecule has 36 heavy (non-hydrogen) atoms. The maximum Gasteiger partial charge on any atom is 0.323 e. The quantitative estimate of drug-likeness (QED) is 0.101. The number of rotatable bonds is 11. The first-order valence-electron chi connectivity index (χ1n) is 10.3. The van der Waals surface area contributed by atoms with Crippen molar-refractivity contribution in [2.45, 2.75) is 18.1 Å². The van der Waals surface area contributed by atoms with Gasteiger partial charge in [-0.3, -0.25) is 9.99 Å². The molecule has 0 saturated carbocycles. The summed E-state index contributed by atoms with van der Waals surface area (Å²) >= 11 is 0. The standard InChI is InChI=1S/C23H22F4N6O3/c1-35-17-5-2-15(3-6-17)12-36-18-7-9-21(30-11-18)23(26,27)22(32-34,13-33(29)14-31-28)19-8-4-16(24)10-20(19)25/h2-11,14H,12-13,28-29H2,1H3/b31-14-. The van der Waals surface area contributed by atoms with Crippen LogP contribution in [0.2, 0.25) is 0 Å². The molecule has 0 amide bonds. The molecule has 0 fully saturated rings. The number of benzene rings is 2. The summed E-state index contributed by atoms with van der Waals surface area (Å²) in [5.41, 5.74) is -4.21. The number of hydrazone groups is 1. The molecule has 0 radical (unpaired) electrons. The van der Waals surface area contributed by atoms with E-state index in [9.17, 15) is 13.7 Å². The molecule has 1 unspecified atom stereocenters. The lowest BCUT2D eigenvalue weighted by Gasteiger charge is -2.36. The van der Waals surface area contributed by atoms with Gasteiger partial charge in [-0.25, -0.2) is 14.6 Å². The number of hydrogen-bond acceptors (Lipinski definition) is 8. The van der Waals surface area contributed by atoms with Gasteiger partial charge in [0.1, 0.15) is 41.8 Å². The lowest BCUT2D eigenvalue weighted by atomic mass is 9.81. The third kappa shape index (κ3) is 5.35. The van der Waals surface area contributed by atoms with E-state index in [-0.39, 0.29) is 12.4 Å². The monoisotopic (exact) mass is 506 g/mol. The second-order valence-electron chi connectivity index (χ2n) is 7.60. The number of nitroso groups, excluding NO2 is 1. The minimum absolute atomic E-state index is 0.114. The van der Waals surface area contributed by atoms with Gasteiger partial charge < -0.3 is 15.3 Å². The number of halogens is 4. The van der Waals surface area contributed by atoms with Gasteiger partial charge in [0, 0.05) is 11.6 Å². The van der Waals surface area contributed by atoms with Gasteiger partial charge in [-0.2, -0.15) is 13.9 Å². The Balaban J connectivity index is 1.94. The Morgan fingerprint density at radius 1 is 1.08 bits per heavy atom. The molecule has 1 atom stereocenters. The summed E-state index contributed by atoms with van der Waals surface area (Å²) in [6.07, 6.45) is 1.76. The second-order valence-corrected chi connectivity index (χ2v) is 7.60. The van der Waals surface area contributed by atoms with Crippen molar-refractivity contribution in [1.82, 2.24) is 9.99 Å². The molecule has 190 valence electrons. The number of ether oxygens (including phenoxy) is 2. The number of hydrogen-bond donors (Lipinski definition) is 2. The predicted octanol–water partition coefficient (Wildman–Crippen LogP) is 3.78. The smallest absolute Gasteiger partial charge is 0.323 e. The third-order valence-electron chi connectivity index (χ3n) is 5.30. The van der Waals surface area contributed by atoms with Crippen LogP contribution in [0, 0.1) is 16.5 Å². The number of nitrogens with zero attached hydrogens (tertiary/aromatic N) is 4. The van der Waals surface area contributed by atoms with E-state index in [0.717, 1.165) is 30.2 Å². The number of alkyl halides is 2. The van der Waals surface area contributed by atoms with Crippen molar-refractivity contribution >= 4 is 6.34 Å². The molecule has 0 aliphatic rings. The Hall–Kier alpha value is -4.26. The maximum absolute atomic E-state index is 15.9. The van der Waals surface area contributed by atoms with Crippen LogP contribution in [0.4, 0.5) is 17.6 Å². The Kier molecular flexibility index (Phi) is 8.04. The normalized spacial score (nSPS) is 13.3. The highest BCUT2D eigenvalue weighted by Crippen LogP contribution is 2.48. The van der Waals surface area contributed by atoms with Crippen LogP contribution in [-0.4, -0.2) is 30.0 Å². The molecule has 0 spiro atoms. The van der Waals surface area contributed by atoms with Crippen LogP contribution in [0.5, 0.6) is 11.5 Å². The van der Waals surface area contributed by atoms with Crippen molar-refractivity contribution < 1.29 is 27.0 Å². The first-order chi connectivity index (χ1) is 17.2. The van der Waals surface area contributed by atoms with Gasteiger partial charge in [-0.1, -0.05) is 18.2 Å². The van der Waals surface area contributed by atoms with E-state index in [2.05, 4.69) is 15.3 Å². The molecular weight excluding hydrogens is 484 g/mol. The zero-order valence-electron chi connectivity index (χ0n) is 18.9. The molecule has 2 aromatic carbocycles. The van der Waals surface area contributed by atoms with Gasteiger partial charge >= 0.3 is 5.92 Å². The lowest BCUT2D eigenvalue weighted by molar-refractivity contribution is -0.0958. The molecule has 1 aromatic heterocycles. The zero-order valence-corrected chi connectivity index (χ0v) is 18.9. The summed E-state index contributed by atoms with van der Waals surface area (Å²) in [5.74, 6) is 4.72. The topological polar surface area (TPSA) is 128 Å². The maximum atomic E-state index is 15.9. The number of nitrogens with two attached hydrogens (primary N) is 2. The average molecular weight is 506 g/mol. The number of methoxy groups -OCH3 is 1. The van der Waals surface area contributed by atoms with Crippen LogP contribution in [0.3, 0.4) is 0 Å². The van der Waals surface area contributed by atoms with Crippen LogP contribution in [0.1, 0.15) is 16.8 Å². The fourth-order valence-corrected chi connectivity index (χ4v) is 3.46. The summed E-state index contributed by atoms with van der Waals surface area (Å²) in [7, 11) is 1.53. The zero-order chi connectivity index (χ0) is 26.3. The van der Waals surface area contributed by atoms with Crippen LogP contribution in [0.15, 0.2) is 71.1 Å². The molecule has 0 aliphatic carbocycles. The summed E-state index contributed by atoms with van der Waals surface area (Å²) in [6.45, 7) is -0.952. The minimum Gasteiger partial charge on any atom is -0.497 e. The van der Waals surface area contributed by atoms with Gasteiger partial charge in [-0.05, 0) is 41.1 Å². The lowest BCUT2D eigenvalue weighted by Crippen LogP contribution is -2.52. The fraction of sp³-hybridized carbons (Fsp3) is 0.217. The minimum atomic E-state index is -4.22. The van der Waals surface area contributed by atoms with E-state index < -0.39 is 40.9 Å². The van der Waals surface area contributed by atoms with Gasteiger partial charge in [-0.15, -0.1) is 4.91 Å². The highest BCUT2D eigenvalue weighted by atomic mass is 19.3. The molecule has 1 heterocycles. The average Bonchev–Trinajstić information content (AvgIpc) is 2.87. The molecule has 4 N–H and O–H groups in total. The third-order valence-corrected chi connectivity index (χ3v) is 5.30. The van der Waals surface area contributed by atoms with Gasteiger partial charge in [0.15, 0.2) is 0 Å². The Morgan fingerprint density at radius 3 is 2.33 bits per heavy atom. The highest BCUT2D eigenvalue weighted by Gasteiger charge is 2.61. The molecule has 0 saturated heterocycles. The summed E-state index contributed by atoms with van der Waals surface area (Å²) in [5, 5.41) is 6.23. The first kappa shape index (κ1) is 26.3. The highest BCUT2D eigenvalue weighted by molar-refractivity contribution is 5.54. The predicted molar refractivity (Wildman–Crippen MR) is 123 cm³/mol. The first-order valence-corrected chi connectivity index (χ1v) is 10.3. The van der Waals surface area contributed by atoms with Crippen molar-refractivity contribution in [3.63, 3.8) is 0 Å². The number of aromatic nitrogens is 1. The number of hydrazine groups is 1. The molecule has 9 nitrogen and oxygen atoms in total. The van der Waals surface area contributed by atoms with Crippen LogP contribution in [0.25, 0.3) is 0 Å². The second kappa shape index (κ2) is 11.0. The van der Waals surface area contributed by atoms with E-state index in [1.54, 1.807) is 24.3 Å². The Morgan fingerprint density at radius 2 is 1.78 bits per heavy atom. The SMILES string of the molecule is COc1ccc(COc2ccc(C(F)(F)C(CN(N)/C=N\N)(N=O)c3ccc(F)cc3F)nc2)cc1. The van der Waals surface area contributed by atoms with E-state index in [1.165, 1.54) is 13.2 Å². The largest absolute Gasteiger partial charge is 0.497 e. The Bertz CT molecular complexity index is 1210. The summed E-state index contributed by atoms with van der Waals surface area (Å²) in [4.78, 5) is 15.7. The molecule has 0 bridgehead atoms. The van der Waals surface area contributed by atoms with Crippen LogP contribution >= 0.6 is 0 Å². The van der Waals surface area contributed by atoms with Crippen molar-refractivity contribution in [2.75, 3.05) is 13.7 Å². The molecule has 0 aliphatic heterocycles.